The average molecular weight is 446 g/mol. The first-order valence-corrected chi connectivity index (χ1v) is 10.8. The van der Waals surface area contributed by atoms with E-state index >= 15 is 0 Å². The van der Waals surface area contributed by atoms with E-state index in [0.717, 1.165) is 20.9 Å². The topological polar surface area (TPSA) is 103 Å². The van der Waals surface area contributed by atoms with Gasteiger partial charge in [-0.05, 0) is 47.9 Å². The standard InChI is InChI=1S/C23H24FNO5S/c1-13-5-6-15(23(29)20(11-26)30-12-18(27)22(23)28)9-14(13)10-16-7-8-19(31-16)17-3-2-4-21(24)25-17/h2-9,18,20,22,26-29H,10-12H2,1H3/t18-,20+,22+,23-/m0/s1. The summed E-state index contributed by atoms with van der Waals surface area (Å²) in [6, 6.07) is 13.8. The van der Waals surface area contributed by atoms with Gasteiger partial charge in [0.2, 0.25) is 5.95 Å². The average Bonchev–Trinajstić information content (AvgIpc) is 3.22. The number of ether oxygens (including phenoxy) is 1. The Morgan fingerprint density at radius 2 is 2.00 bits per heavy atom. The van der Waals surface area contributed by atoms with Crippen LogP contribution >= 0.6 is 11.3 Å². The SMILES string of the molecule is Cc1ccc([C@@]2(O)[C@H](O)[C@@H](O)CO[C@@H]2CO)cc1Cc1ccc(-c2cccc(F)n2)s1. The van der Waals surface area contributed by atoms with Gasteiger partial charge in [-0.15, -0.1) is 11.3 Å². The van der Waals surface area contributed by atoms with Gasteiger partial charge >= 0.3 is 0 Å². The summed E-state index contributed by atoms with van der Waals surface area (Å²) in [6.07, 6.45) is -3.27. The van der Waals surface area contributed by atoms with Gasteiger partial charge in [0.05, 0.1) is 23.8 Å². The van der Waals surface area contributed by atoms with Crippen molar-refractivity contribution < 1.29 is 29.6 Å². The number of aliphatic hydroxyl groups is 4. The second-order valence-electron chi connectivity index (χ2n) is 7.77. The molecule has 8 heteroatoms. The first-order valence-electron chi connectivity index (χ1n) is 9.95. The van der Waals surface area contributed by atoms with Gasteiger partial charge in [-0.2, -0.15) is 4.39 Å². The number of nitrogens with zero attached hydrogens (tertiary/aromatic N) is 1. The van der Waals surface area contributed by atoms with Crippen LogP contribution in [0.15, 0.2) is 48.5 Å². The minimum atomic E-state index is -1.94. The quantitative estimate of drug-likeness (QED) is 0.449. The van der Waals surface area contributed by atoms with Gasteiger partial charge < -0.3 is 25.2 Å². The largest absolute Gasteiger partial charge is 0.394 e. The van der Waals surface area contributed by atoms with Gasteiger partial charge in [0, 0.05) is 11.3 Å². The van der Waals surface area contributed by atoms with E-state index in [0.29, 0.717) is 17.7 Å². The van der Waals surface area contributed by atoms with E-state index < -0.39 is 36.5 Å². The number of hydrogen-bond acceptors (Lipinski definition) is 7. The first-order chi connectivity index (χ1) is 14.8. The Morgan fingerprint density at radius 3 is 2.74 bits per heavy atom. The molecule has 0 radical (unpaired) electrons. The molecule has 31 heavy (non-hydrogen) atoms. The third-order valence-electron chi connectivity index (χ3n) is 5.75. The highest BCUT2D eigenvalue weighted by atomic mass is 32.1. The highest BCUT2D eigenvalue weighted by Crippen LogP contribution is 2.37. The van der Waals surface area contributed by atoms with E-state index in [2.05, 4.69) is 4.98 Å². The number of halogens is 1. The fourth-order valence-electron chi connectivity index (χ4n) is 3.92. The monoisotopic (exact) mass is 445 g/mol. The van der Waals surface area contributed by atoms with Gasteiger partial charge in [-0.3, -0.25) is 0 Å². The Labute approximate surface area is 183 Å². The normalized spacial score (nSPS) is 26.2. The van der Waals surface area contributed by atoms with E-state index in [1.165, 1.54) is 17.4 Å². The van der Waals surface area contributed by atoms with Crippen LogP contribution in [0.5, 0.6) is 0 Å². The summed E-state index contributed by atoms with van der Waals surface area (Å²) < 4.78 is 18.8. The van der Waals surface area contributed by atoms with Crippen molar-refractivity contribution in [2.75, 3.05) is 13.2 Å². The van der Waals surface area contributed by atoms with Crippen LogP contribution < -0.4 is 0 Å². The van der Waals surface area contributed by atoms with E-state index in [9.17, 15) is 24.8 Å². The van der Waals surface area contributed by atoms with Crippen molar-refractivity contribution in [3.63, 3.8) is 0 Å². The highest BCUT2D eigenvalue weighted by Gasteiger charge is 2.52. The Kier molecular flexibility index (Phi) is 6.20. The highest BCUT2D eigenvalue weighted by molar-refractivity contribution is 7.15. The minimum Gasteiger partial charge on any atom is -0.394 e. The number of aliphatic hydroxyl groups excluding tert-OH is 3. The summed E-state index contributed by atoms with van der Waals surface area (Å²) in [7, 11) is 0. The van der Waals surface area contributed by atoms with Crippen molar-refractivity contribution in [3.05, 3.63) is 76.0 Å². The molecule has 6 nitrogen and oxygen atoms in total. The lowest BCUT2D eigenvalue weighted by Gasteiger charge is -2.45. The summed E-state index contributed by atoms with van der Waals surface area (Å²) in [4.78, 5) is 5.79. The van der Waals surface area contributed by atoms with Crippen molar-refractivity contribution in [1.82, 2.24) is 4.98 Å². The number of aryl methyl sites for hydroxylation is 1. The Balaban J connectivity index is 1.64. The molecule has 1 aliphatic rings. The Bertz CT molecular complexity index is 1070. The molecular weight excluding hydrogens is 421 g/mol. The maximum Gasteiger partial charge on any atom is 0.213 e. The summed E-state index contributed by atoms with van der Waals surface area (Å²) in [5.74, 6) is -0.530. The lowest BCUT2D eigenvalue weighted by atomic mass is 9.78. The van der Waals surface area contributed by atoms with Crippen LogP contribution in [0.3, 0.4) is 0 Å². The molecule has 0 aliphatic carbocycles. The molecule has 3 aromatic rings. The maximum atomic E-state index is 13.4. The predicted octanol–water partition coefficient (Wildman–Crippen LogP) is 2.15. The number of pyridine rings is 1. The molecular formula is C23H24FNO5S. The third-order valence-corrected chi connectivity index (χ3v) is 6.85. The maximum absolute atomic E-state index is 13.4. The molecule has 4 atom stereocenters. The van der Waals surface area contributed by atoms with Crippen LogP contribution in [0, 0.1) is 12.9 Å². The first kappa shape index (κ1) is 22.0. The molecule has 1 aliphatic heterocycles. The number of benzene rings is 1. The van der Waals surface area contributed by atoms with Crippen LogP contribution in [0.2, 0.25) is 0 Å². The summed E-state index contributed by atoms with van der Waals surface area (Å²) in [6.45, 7) is 1.27. The molecule has 164 valence electrons. The summed E-state index contributed by atoms with van der Waals surface area (Å²) >= 11 is 1.50. The molecule has 1 fully saturated rings. The predicted molar refractivity (Wildman–Crippen MR) is 114 cm³/mol. The van der Waals surface area contributed by atoms with Crippen molar-refractivity contribution in [1.29, 1.82) is 0 Å². The number of aromatic nitrogens is 1. The third kappa shape index (κ3) is 4.15. The van der Waals surface area contributed by atoms with Gasteiger partial charge in [-0.25, -0.2) is 4.98 Å². The van der Waals surface area contributed by atoms with E-state index in [1.54, 1.807) is 24.3 Å². The second kappa shape index (κ2) is 8.74. The van der Waals surface area contributed by atoms with E-state index in [4.69, 9.17) is 4.74 Å². The molecule has 0 spiro atoms. The molecule has 0 amide bonds. The smallest absolute Gasteiger partial charge is 0.213 e. The molecule has 0 bridgehead atoms. The summed E-state index contributed by atoms with van der Waals surface area (Å²) in [5, 5.41) is 41.5. The molecule has 1 saturated heterocycles. The fraction of sp³-hybridized carbons (Fsp3) is 0.348. The number of thiophene rings is 1. The van der Waals surface area contributed by atoms with Crippen molar-refractivity contribution in [2.45, 2.75) is 37.3 Å². The number of hydrogen-bond donors (Lipinski definition) is 4. The van der Waals surface area contributed by atoms with E-state index in [1.807, 2.05) is 25.1 Å². The van der Waals surface area contributed by atoms with Crippen LogP contribution in [0.1, 0.15) is 21.6 Å². The van der Waals surface area contributed by atoms with Gasteiger partial charge in [0.1, 0.15) is 23.9 Å². The Hall–Kier alpha value is -2.20. The van der Waals surface area contributed by atoms with Crippen molar-refractivity contribution in [3.8, 4) is 10.6 Å². The van der Waals surface area contributed by atoms with Crippen LogP contribution in [0.4, 0.5) is 4.39 Å². The molecule has 1 aromatic carbocycles. The molecule has 4 N–H and O–H groups in total. The zero-order valence-corrected chi connectivity index (χ0v) is 17.7. The van der Waals surface area contributed by atoms with Crippen molar-refractivity contribution in [2.24, 2.45) is 0 Å². The second-order valence-corrected chi connectivity index (χ2v) is 8.94. The fourth-order valence-corrected chi connectivity index (χ4v) is 4.92. The van der Waals surface area contributed by atoms with Gasteiger partial charge in [0.25, 0.3) is 0 Å². The van der Waals surface area contributed by atoms with Gasteiger partial charge in [-0.1, -0.05) is 24.3 Å². The molecule has 2 aromatic heterocycles. The molecule has 0 saturated carbocycles. The molecule has 4 rings (SSSR count). The summed E-state index contributed by atoms with van der Waals surface area (Å²) in [5.41, 5.74) is 0.885. The van der Waals surface area contributed by atoms with Crippen LogP contribution in [-0.2, 0) is 16.8 Å². The van der Waals surface area contributed by atoms with Gasteiger partial charge in [0.15, 0.2) is 0 Å². The minimum absolute atomic E-state index is 0.167. The molecule has 3 heterocycles. The lowest BCUT2D eigenvalue weighted by Crippen LogP contribution is -2.61. The van der Waals surface area contributed by atoms with Crippen LogP contribution in [-0.4, -0.2) is 56.9 Å². The zero-order chi connectivity index (χ0) is 22.2. The van der Waals surface area contributed by atoms with Crippen LogP contribution in [0.25, 0.3) is 10.6 Å². The zero-order valence-electron chi connectivity index (χ0n) is 16.9. The van der Waals surface area contributed by atoms with E-state index in [-0.39, 0.29) is 6.61 Å². The Morgan fingerprint density at radius 1 is 1.19 bits per heavy atom. The van der Waals surface area contributed by atoms with Crippen molar-refractivity contribution >= 4 is 11.3 Å². The lowest BCUT2D eigenvalue weighted by molar-refractivity contribution is -0.255. The number of rotatable bonds is 5. The molecule has 0 unspecified atom stereocenters.